The molecule has 0 N–H and O–H groups in total. The van der Waals surface area contributed by atoms with E-state index in [-0.39, 0.29) is 11.4 Å². The molecule has 1 aliphatic rings. The van der Waals surface area contributed by atoms with Crippen LogP contribution >= 0.6 is 11.6 Å². The number of halogens is 1. The lowest BCUT2D eigenvalue weighted by Gasteiger charge is -2.36. The molecule has 0 bridgehead atoms. The van der Waals surface area contributed by atoms with Crippen LogP contribution in [0.15, 0.2) is 89.8 Å². The van der Waals surface area contributed by atoms with Crippen LogP contribution in [0.4, 0.5) is 0 Å². The van der Waals surface area contributed by atoms with Gasteiger partial charge in [0.1, 0.15) is 5.75 Å². The second-order valence-electron chi connectivity index (χ2n) is 8.87. The smallest absolute Gasteiger partial charge is 0.243 e. The van der Waals surface area contributed by atoms with Gasteiger partial charge in [0.25, 0.3) is 0 Å². The molecule has 36 heavy (non-hydrogen) atoms. The normalized spacial score (nSPS) is 15.9. The predicted octanol–water partition coefficient (Wildman–Crippen LogP) is 6.60. The minimum absolute atomic E-state index is 0.153. The summed E-state index contributed by atoms with van der Waals surface area (Å²) < 4.78 is 35.5. The van der Waals surface area contributed by atoms with Crippen molar-refractivity contribution in [2.45, 2.75) is 37.8 Å². The molecule has 0 aliphatic carbocycles. The number of rotatable bonds is 6. The fourth-order valence-electron chi connectivity index (χ4n) is 4.62. The highest BCUT2D eigenvalue weighted by Crippen LogP contribution is 2.41. The van der Waals surface area contributed by atoms with Gasteiger partial charge in [0, 0.05) is 35.2 Å². The zero-order valence-electron chi connectivity index (χ0n) is 20.2. The lowest BCUT2D eigenvalue weighted by Crippen LogP contribution is -2.39. The van der Waals surface area contributed by atoms with Gasteiger partial charge in [-0.25, -0.2) is 8.42 Å². The number of hydrogen-bond donors (Lipinski definition) is 0. The SMILES string of the molecule is CCOc1cc(-c2ccccc2)nc2c1CN(S(=O)(=O)c1ccc(C)cc1)C(c1cccc(Cl)c1)C2. The van der Waals surface area contributed by atoms with E-state index >= 15 is 0 Å². The molecule has 1 aromatic heterocycles. The molecule has 1 unspecified atom stereocenters. The molecular weight excluding hydrogens is 492 g/mol. The molecule has 0 saturated heterocycles. The Morgan fingerprint density at radius 3 is 2.44 bits per heavy atom. The van der Waals surface area contributed by atoms with Gasteiger partial charge in [0.2, 0.25) is 10.0 Å². The van der Waals surface area contributed by atoms with Crippen LogP contribution < -0.4 is 4.74 Å². The summed E-state index contributed by atoms with van der Waals surface area (Å²) in [5.74, 6) is 0.662. The third kappa shape index (κ3) is 4.76. The number of aryl methyl sites for hydroxylation is 1. The van der Waals surface area contributed by atoms with Gasteiger partial charge in [-0.3, -0.25) is 4.98 Å². The summed E-state index contributed by atoms with van der Waals surface area (Å²) in [6.07, 6.45) is 0.404. The van der Waals surface area contributed by atoms with E-state index in [1.165, 1.54) is 0 Å². The monoisotopic (exact) mass is 518 g/mol. The van der Waals surface area contributed by atoms with Crippen LogP contribution in [-0.4, -0.2) is 24.3 Å². The molecule has 0 amide bonds. The molecule has 5 nitrogen and oxygen atoms in total. The quantitative estimate of drug-likeness (QED) is 0.288. The molecule has 1 aliphatic heterocycles. The van der Waals surface area contributed by atoms with Crippen molar-refractivity contribution >= 4 is 21.6 Å². The number of nitrogens with zero attached hydrogens (tertiary/aromatic N) is 2. The first-order valence-electron chi connectivity index (χ1n) is 11.9. The molecule has 0 fully saturated rings. The van der Waals surface area contributed by atoms with Crippen molar-refractivity contribution in [2.75, 3.05) is 6.61 Å². The molecule has 1 atom stereocenters. The lowest BCUT2D eigenvalue weighted by molar-refractivity contribution is 0.277. The predicted molar refractivity (Wildman–Crippen MR) is 143 cm³/mol. The molecule has 184 valence electrons. The summed E-state index contributed by atoms with van der Waals surface area (Å²) in [6.45, 7) is 4.48. The lowest BCUT2D eigenvalue weighted by atomic mass is 9.94. The van der Waals surface area contributed by atoms with E-state index < -0.39 is 16.1 Å². The summed E-state index contributed by atoms with van der Waals surface area (Å²) in [5.41, 5.74) is 5.24. The van der Waals surface area contributed by atoms with Gasteiger partial charge < -0.3 is 4.74 Å². The van der Waals surface area contributed by atoms with Crippen LogP contribution in [0.25, 0.3) is 11.3 Å². The Labute approximate surface area is 217 Å². The van der Waals surface area contributed by atoms with E-state index in [0.29, 0.717) is 23.8 Å². The second kappa shape index (κ2) is 10.1. The average Bonchev–Trinajstić information content (AvgIpc) is 2.89. The Kier molecular flexibility index (Phi) is 6.84. The molecule has 5 rings (SSSR count). The van der Waals surface area contributed by atoms with Gasteiger partial charge >= 0.3 is 0 Å². The van der Waals surface area contributed by atoms with Crippen LogP contribution in [0.2, 0.25) is 5.02 Å². The number of benzene rings is 3. The Bertz CT molecular complexity index is 1490. The van der Waals surface area contributed by atoms with Gasteiger partial charge in [-0.2, -0.15) is 4.31 Å². The molecule has 0 spiro atoms. The maximum absolute atomic E-state index is 14.0. The van der Waals surface area contributed by atoms with Crippen molar-refractivity contribution in [2.24, 2.45) is 0 Å². The van der Waals surface area contributed by atoms with Gasteiger partial charge in [-0.05, 0) is 43.7 Å². The Morgan fingerprint density at radius 1 is 1.00 bits per heavy atom. The average molecular weight is 519 g/mol. The maximum atomic E-state index is 14.0. The third-order valence-corrected chi connectivity index (χ3v) is 8.55. The first-order valence-corrected chi connectivity index (χ1v) is 13.7. The van der Waals surface area contributed by atoms with E-state index in [4.69, 9.17) is 21.3 Å². The molecular formula is C29H27ClN2O3S. The summed E-state index contributed by atoms with van der Waals surface area (Å²) in [5, 5.41) is 0.562. The van der Waals surface area contributed by atoms with Crippen molar-refractivity contribution in [1.82, 2.24) is 9.29 Å². The van der Waals surface area contributed by atoms with Crippen LogP contribution in [0.3, 0.4) is 0 Å². The largest absolute Gasteiger partial charge is 0.493 e. The number of sulfonamides is 1. The van der Waals surface area contributed by atoms with Gasteiger partial charge in [-0.15, -0.1) is 0 Å². The Morgan fingerprint density at radius 2 is 1.75 bits per heavy atom. The van der Waals surface area contributed by atoms with E-state index in [9.17, 15) is 8.42 Å². The summed E-state index contributed by atoms with van der Waals surface area (Å²) in [4.78, 5) is 5.25. The zero-order valence-corrected chi connectivity index (χ0v) is 21.8. The minimum Gasteiger partial charge on any atom is -0.493 e. The van der Waals surface area contributed by atoms with E-state index in [1.807, 2.05) is 80.6 Å². The standard InChI is InChI=1S/C29H27ClN2O3S/c1-3-35-29-18-26(21-8-5-4-6-9-21)31-27-17-28(22-10-7-11-23(30)16-22)32(19-25(27)29)36(33,34)24-14-12-20(2)13-15-24/h4-16,18,28H,3,17,19H2,1-2H3. The van der Waals surface area contributed by atoms with E-state index in [2.05, 4.69) is 0 Å². The van der Waals surface area contributed by atoms with Crippen molar-refractivity contribution < 1.29 is 13.2 Å². The highest BCUT2D eigenvalue weighted by Gasteiger charge is 2.39. The molecule has 3 aromatic carbocycles. The topological polar surface area (TPSA) is 59.5 Å². The molecule has 4 aromatic rings. The summed E-state index contributed by atoms with van der Waals surface area (Å²) in [7, 11) is -3.82. The van der Waals surface area contributed by atoms with Crippen LogP contribution in [0.1, 0.15) is 35.3 Å². The zero-order chi connectivity index (χ0) is 25.3. The first-order chi connectivity index (χ1) is 17.4. The molecule has 0 saturated carbocycles. The maximum Gasteiger partial charge on any atom is 0.243 e. The Hall–Kier alpha value is -3.19. The molecule has 2 heterocycles. The van der Waals surface area contributed by atoms with E-state index in [1.54, 1.807) is 22.5 Å². The minimum atomic E-state index is -3.82. The highest BCUT2D eigenvalue weighted by atomic mass is 35.5. The third-order valence-electron chi connectivity index (χ3n) is 6.45. The fraction of sp³-hybridized carbons (Fsp3) is 0.207. The number of pyridine rings is 1. The van der Waals surface area contributed by atoms with Crippen LogP contribution in [0, 0.1) is 6.92 Å². The van der Waals surface area contributed by atoms with Crippen molar-refractivity contribution in [1.29, 1.82) is 0 Å². The van der Waals surface area contributed by atoms with Gasteiger partial charge in [0.15, 0.2) is 0 Å². The second-order valence-corrected chi connectivity index (χ2v) is 11.2. The van der Waals surface area contributed by atoms with Crippen molar-refractivity contribution in [3.05, 3.63) is 112 Å². The van der Waals surface area contributed by atoms with Gasteiger partial charge in [-0.1, -0.05) is 71.8 Å². The summed E-state index contributed by atoms with van der Waals surface area (Å²) >= 11 is 6.33. The van der Waals surface area contributed by atoms with Crippen molar-refractivity contribution in [3.8, 4) is 17.0 Å². The molecule has 0 radical (unpaired) electrons. The fourth-order valence-corrected chi connectivity index (χ4v) is 6.40. The van der Waals surface area contributed by atoms with Gasteiger partial charge in [0.05, 0.1) is 28.9 Å². The number of fused-ring (bicyclic) bond motifs is 1. The van der Waals surface area contributed by atoms with Crippen LogP contribution in [-0.2, 0) is 23.0 Å². The number of hydrogen-bond acceptors (Lipinski definition) is 4. The van der Waals surface area contributed by atoms with E-state index in [0.717, 1.165) is 33.6 Å². The highest BCUT2D eigenvalue weighted by molar-refractivity contribution is 7.89. The Balaban J connectivity index is 1.67. The van der Waals surface area contributed by atoms with Crippen LogP contribution in [0.5, 0.6) is 5.75 Å². The molecule has 7 heteroatoms. The number of aromatic nitrogens is 1. The van der Waals surface area contributed by atoms with Crippen molar-refractivity contribution in [3.63, 3.8) is 0 Å². The summed E-state index contributed by atoms with van der Waals surface area (Å²) in [6, 6.07) is 25.7. The number of ether oxygens (including phenoxy) is 1. The first kappa shape index (κ1) is 24.5.